The van der Waals surface area contributed by atoms with Crippen LogP contribution in [0.2, 0.25) is 0 Å². The zero-order chi connectivity index (χ0) is 27.2. The summed E-state index contributed by atoms with van der Waals surface area (Å²) >= 11 is 0. The first-order chi connectivity index (χ1) is 17.5. The highest BCUT2D eigenvalue weighted by atomic mass is 16.6. The van der Waals surface area contributed by atoms with Crippen molar-refractivity contribution in [3.8, 4) is 11.1 Å². The van der Waals surface area contributed by atoms with Gasteiger partial charge in [-0.25, -0.2) is 15.0 Å². The normalized spacial score (nSPS) is 12.9. The monoisotopic (exact) mass is 511 g/mol. The van der Waals surface area contributed by atoms with Crippen molar-refractivity contribution >= 4 is 29.8 Å². The maximum Gasteiger partial charge on any atom is 0.426 e. The van der Waals surface area contributed by atoms with Crippen molar-refractivity contribution < 1.29 is 38.6 Å². The Morgan fingerprint density at radius 1 is 0.919 bits per heavy atom. The van der Waals surface area contributed by atoms with E-state index in [1.807, 2.05) is 53.8 Å². The SMILES string of the molecule is CC(C)(C)OC(=O)CCC(NC(=O)C(=O)O)C(=O)NNC(=O)OCC1c2ccccc2-c2ccccc21. The van der Waals surface area contributed by atoms with E-state index in [0.29, 0.717) is 0 Å². The number of rotatable bonds is 7. The average molecular weight is 512 g/mol. The molecule has 11 heteroatoms. The molecule has 37 heavy (non-hydrogen) atoms. The molecule has 3 amide bonds. The summed E-state index contributed by atoms with van der Waals surface area (Å²) in [5.41, 5.74) is 7.56. The Balaban J connectivity index is 1.56. The fourth-order valence-corrected chi connectivity index (χ4v) is 3.98. The highest BCUT2D eigenvalue weighted by Gasteiger charge is 2.30. The Morgan fingerprint density at radius 2 is 1.49 bits per heavy atom. The number of hydrogen-bond acceptors (Lipinski definition) is 7. The fraction of sp³-hybridized carbons (Fsp3) is 0.346. The summed E-state index contributed by atoms with van der Waals surface area (Å²) in [6.07, 6.45) is -1.49. The predicted octanol–water partition coefficient (Wildman–Crippen LogP) is 2.25. The van der Waals surface area contributed by atoms with Crippen LogP contribution in [0.5, 0.6) is 0 Å². The Kier molecular flexibility index (Phi) is 8.49. The number of nitrogens with one attached hydrogen (secondary N) is 3. The summed E-state index contributed by atoms with van der Waals surface area (Å²) in [5, 5.41) is 10.9. The summed E-state index contributed by atoms with van der Waals surface area (Å²) in [5.74, 6) is -5.01. The molecule has 196 valence electrons. The zero-order valence-electron chi connectivity index (χ0n) is 20.7. The molecule has 1 unspecified atom stereocenters. The number of hydrogen-bond donors (Lipinski definition) is 4. The lowest BCUT2D eigenvalue weighted by atomic mass is 9.98. The van der Waals surface area contributed by atoms with E-state index < -0.39 is 41.5 Å². The zero-order valence-corrected chi connectivity index (χ0v) is 20.7. The second-order valence-electron chi connectivity index (χ2n) is 9.40. The molecule has 0 spiro atoms. The molecule has 0 fully saturated rings. The number of carbonyl (C=O) groups is 5. The van der Waals surface area contributed by atoms with Crippen LogP contribution in [-0.2, 0) is 28.7 Å². The molecular weight excluding hydrogens is 482 g/mol. The molecule has 0 aliphatic heterocycles. The average Bonchev–Trinajstić information content (AvgIpc) is 3.16. The van der Waals surface area contributed by atoms with E-state index in [-0.39, 0.29) is 25.4 Å². The van der Waals surface area contributed by atoms with Gasteiger partial charge in [0.2, 0.25) is 0 Å². The van der Waals surface area contributed by atoms with Gasteiger partial charge in [-0.05, 0) is 49.4 Å². The molecule has 0 saturated heterocycles. The van der Waals surface area contributed by atoms with E-state index in [1.54, 1.807) is 20.8 Å². The molecule has 3 rings (SSSR count). The Hall–Kier alpha value is -4.41. The number of carbonyl (C=O) groups excluding carboxylic acids is 4. The van der Waals surface area contributed by atoms with Crippen LogP contribution in [0.25, 0.3) is 11.1 Å². The first-order valence-corrected chi connectivity index (χ1v) is 11.6. The van der Waals surface area contributed by atoms with E-state index >= 15 is 0 Å². The number of amides is 3. The minimum atomic E-state index is -1.81. The summed E-state index contributed by atoms with van der Waals surface area (Å²) in [4.78, 5) is 59.3. The lowest BCUT2D eigenvalue weighted by Crippen LogP contribution is -2.53. The van der Waals surface area contributed by atoms with Gasteiger partial charge in [-0.3, -0.25) is 19.8 Å². The Bertz CT molecular complexity index is 1160. The standard InChI is InChI=1S/C26H29N3O8/c1-26(2,3)37-21(30)13-12-20(27-23(32)24(33)34)22(31)28-29-25(35)36-14-19-17-10-6-4-8-15(17)16-9-5-7-11-18(16)19/h4-11,19-20H,12-14H2,1-3H3,(H,27,32)(H,28,31)(H,29,35)(H,33,34). The summed E-state index contributed by atoms with van der Waals surface area (Å²) in [6, 6.07) is 14.2. The van der Waals surface area contributed by atoms with E-state index in [0.717, 1.165) is 22.3 Å². The molecule has 0 bridgehead atoms. The summed E-state index contributed by atoms with van der Waals surface area (Å²) in [7, 11) is 0. The van der Waals surface area contributed by atoms with Crippen molar-refractivity contribution in [2.75, 3.05) is 6.61 Å². The second kappa shape index (κ2) is 11.5. The minimum absolute atomic E-state index is 0.00749. The van der Waals surface area contributed by atoms with Gasteiger partial charge >= 0.3 is 23.9 Å². The smallest absolute Gasteiger partial charge is 0.426 e. The van der Waals surface area contributed by atoms with Gasteiger partial charge in [-0.1, -0.05) is 48.5 Å². The van der Waals surface area contributed by atoms with Crippen LogP contribution in [0.4, 0.5) is 4.79 Å². The number of benzene rings is 2. The van der Waals surface area contributed by atoms with Crippen molar-refractivity contribution in [1.29, 1.82) is 0 Å². The fourth-order valence-electron chi connectivity index (χ4n) is 3.98. The van der Waals surface area contributed by atoms with Gasteiger partial charge < -0.3 is 19.9 Å². The second-order valence-corrected chi connectivity index (χ2v) is 9.40. The predicted molar refractivity (Wildman–Crippen MR) is 131 cm³/mol. The number of hydrazine groups is 1. The van der Waals surface area contributed by atoms with E-state index in [2.05, 4.69) is 10.9 Å². The van der Waals surface area contributed by atoms with Crippen LogP contribution in [0.15, 0.2) is 48.5 Å². The van der Waals surface area contributed by atoms with Crippen LogP contribution < -0.4 is 16.2 Å². The van der Waals surface area contributed by atoms with Crippen LogP contribution in [0.1, 0.15) is 50.7 Å². The Morgan fingerprint density at radius 3 is 2.03 bits per heavy atom. The van der Waals surface area contributed by atoms with Crippen LogP contribution in [0.3, 0.4) is 0 Å². The van der Waals surface area contributed by atoms with Crippen molar-refractivity contribution in [2.24, 2.45) is 0 Å². The number of carboxylic acid groups (broad SMARTS) is 1. The van der Waals surface area contributed by atoms with E-state index in [9.17, 15) is 24.0 Å². The third-order valence-corrected chi connectivity index (χ3v) is 5.50. The molecule has 0 aromatic heterocycles. The summed E-state index contributed by atoms with van der Waals surface area (Å²) < 4.78 is 10.5. The third kappa shape index (κ3) is 7.29. The van der Waals surface area contributed by atoms with Crippen LogP contribution in [0, 0.1) is 0 Å². The van der Waals surface area contributed by atoms with Crippen molar-refractivity contribution in [3.05, 3.63) is 59.7 Å². The van der Waals surface area contributed by atoms with Gasteiger partial charge in [0.05, 0.1) is 0 Å². The molecule has 4 N–H and O–H groups in total. The van der Waals surface area contributed by atoms with E-state index in [1.165, 1.54) is 0 Å². The largest absolute Gasteiger partial charge is 0.474 e. The first kappa shape index (κ1) is 27.2. The van der Waals surface area contributed by atoms with Gasteiger partial charge in [-0.15, -0.1) is 0 Å². The highest BCUT2D eigenvalue weighted by molar-refractivity contribution is 6.32. The lowest BCUT2D eigenvalue weighted by molar-refractivity contribution is -0.155. The molecule has 1 aliphatic carbocycles. The summed E-state index contributed by atoms with van der Waals surface area (Å²) in [6.45, 7) is 5.01. The molecule has 0 heterocycles. The lowest BCUT2D eigenvalue weighted by Gasteiger charge is -2.21. The van der Waals surface area contributed by atoms with Crippen LogP contribution in [-0.4, -0.2) is 53.2 Å². The topological polar surface area (TPSA) is 160 Å². The van der Waals surface area contributed by atoms with Gasteiger partial charge in [-0.2, -0.15) is 0 Å². The molecule has 1 atom stereocenters. The molecule has 2 aromatic carbocycles. The maximum atomic E-state index is 12.6. The number of ether oxygens (including phenoxy) is 2. The molecule has 0 radical (unpaired) electrons. The van der Waals surface area contributed by atoms with Crippen molar-refractivity contribution in [2.45, 2.75) is 51.2 Å². The van der Waals surface area contributed by atoms with Gasteiger partial charge in [0.1, 0.15) is 18.2 Å². The molecule has 0 saturated carbocycles. The minimum Gasteiger partial charge on any atom is -0.474 e. The van der Waals surface area contributed by atoms with Gasteiger partial charge in [0.25, 0.3) is 5.91 Å². The van der Waals surface area contributed by atoms with Crippen molar-refractivity contribution in [1.82, 2.24) is 16.2 Å². The molecule has 1 aliphatic rings. The molecular formula is C26H29N3O8. The molecule has 11 nitrogen and oxygen atoms in total. The van der Waals surface area contributed by atoms with E-state index in [4.69, 9.17) is 14.6 Å². The number of carboxylic acids is 1. The van der Waals surface area contributed by atoms with Gasteiger partial charge in [0, 0.05) is 12.3 Å². The number of esters is 1. The third-order valence-electron chi connectivity index (χ3n) is 5.50. The first-order valence-electron chi connectivity index (χ1n) is 11.6. The van der Waals surface area contributed by atoms with Crippen molar-refractivity contribution in [3.63, 3.8) is 0 Å². The van der Waals surface area contributed by atoms with Gasteiger partial charge in [0.15, 0.2) is 0 Å². The highest BCUT2D eigenvalue weighted by Crippen LogP contribution is 2.44. The Labute approximate surface area is 213 Å². The quantitative estimate of drug-likeness (QED) is 0.250. The maximum absolute atomic E-state index is 12.6. The van der Waals surface area contributed by atoms with Crippen LogP contribution >= 0.6 is 0 Å². The number of fused-ring (bicyclic) bond motifs is 3. The molecule has 2 aromatic rings. The number of aliphatic carboxylic acids is 1.